The van der Waals surface area contributed by atoms with Crippen molar-refractivity contribution in [3.63, 3.8) is 0 Å². The lowest BCUT2D eigenvalue weighted by atomic mass is 9.69. The first kappa shape index (κ1) is 20.9. The van der Waals surface area contributed by atoms with Crippen LogP contribution in [0.2, 0.25) is 5.02 Å². The Balaban J connectivity index is 1.81. The summed E-state index contributed by atoms with van der Waals surface area (Å²) in [7, 11) is 0. The van der Waals surface area contributed by atoms with E-state index in [9.17, 15) is 15.3 Å². The molecule has 2 heterocycles. The Labute approximate surface area is 195 Å². The lowest BCUT2D eigenvalue weighted by Crippen LogP contribution is -2.44. The zero-order chi connectivity index (χ0) is 23.2. The van der Waals surface area contributed by atoms with Crippen LogP contribution in [0.3, 0.4) is 0 Å². The van der Waals surface area contributed by atoms with E-state index in [0.717, 1.165) is 5.56 Å². The number of ketones is 1. The maximum absolute atomic E-state index is 15.1. The Morgan fingerprint density at radius 2 is 1.70 bits per heavy atom. The van der Waals surface area contributed by atoms with Gasteiger partial charge in [0.2, 0.25) is 0 Å². The van der Waals surface area contributed by atoms with Crippen LogP contribution >= 0.6 is 11.6 Å². The van der Waals surface area contributed by atoms with Gasteiger partial charge in [-0.1, -0.05) is 72.3 Å². The van der Waals surface area contributed by atoms with E-state index in [-0.39, 0.29) is 11.3 Å². The third kappa shape index (κ3) is 3.05. The Morgan fingerprint density at radius 3 is 2.39 bits per heavy atom. The minimum absolute atomic E-state index is 0.174. The molecule has 0 spiro atoms. The number of hydrogen-bond acceptors (Lipinski definition) is 4. The van der Waals surface area contributed by atoms with Crippen molar-refractivity contribution in [3.8, 4) is 12.1 Å². The molecule has 0 aromatic heterocycles. The van der Waals surface area contributed by atoms with Crippen molar-refractivity contribution >= 4 is 29.1 Å². The maximum Gasteiger partial charge on any atom is 0.185 e. The molecule has 3 aromatic carbocycles. The molecule has 2 aliphatic rings. The molecule has 0 aliphatic carbocycles. The number of carbonyl (C=O) groups is 1. The molecule has 33 heavy (non-hydrogen) atoms. The van der Waals surface area contributed by atoms with E-state index in [0.29, 0.717) is 16.3 Å². The van der Waals surface area contributed by atoms with Crippen molar-refractivity contribution in [2.45, 2.75) is 18.0 Å². The number of fused-ring (bicyclic) bond motifs is 3. The van der Waals surface area contributed by atoms with Crippen LogP contribution in [-0.4, -0.2) is 17.9 Å². The van der Waals surface area contributed by atoms with Gasteiger partial charge in [0.15, 0.2) is 11.2 Å². The number of carbonyl (C=O) groups excluding carboxylic acids is 1. The standard InChI is InChI=1S/C27H17ClFN3O/c28-19-11-12-22-18(14-19)10-13-23-27(15-30,16-31)24(20-8-4-5-9-21(20)29)25(32(22)23)26(33)17-6-2-1-3-7-17/h1-14,23-25H. The second kappa shape index (κ2) is 7.89. The molecule has 3 aromatic rings. The van der Waals surface area contributed by atoms with Crippen LogP contribution in [0.5, 0.6) is 0 Å². The molecule has 3 atom stereocenters. The summed E-state index contributed by atoms with van der Waals surface area (Å²) in [5.41, 5.74) is 0.358. The normalized spacial score (nSPS) is 22.1. The summed E-state index contributed by atoms with van der Waals surface area (Å²) in [6, 6.07) is 22.6. The zero-order valence-corrected chi connectivity index (χ0v) is 18.1. The van der Waals surface area contributed by atoms with E-state index in [4.69, 9.17) is 11.6 Å². The molecule has 6 heteroatoms. The van der Waals surface area contributed by atoms with Crippen molar-refractivity contribution in [3.05, 3.63) is 106 Å². The summed E-state index contributed by atoms with van der Waals surface area (Å²) < 4.78 is 15.1. The molecule has 5 rings (SSSR count). The van der Waals surface area contributed by atoms with Gasteiger partial charge in [-0.2, -0.15) is 10.5 Å². The number of nitrogens with zero attached hydrogens (tertiary/aromatic N) is 3. The minimum atomic E-state index is -1.69. The van der Waals surface area contributed by atoms with Gasteiger partial charge in [0.25, 0.3) is 0 Å². The molecule has 160 valence electrons. The largest absolute Gasteiger partial charge is 0.351 e. The molecule has 1 saturated heterocycles. The SMILES string of the molecule is N#CC1(C#N)C(c2ccccc2F)C(C(=O)c2ccccc2)N2c3ccc(Cl)cc3C=CC21. The minimum Gasteiger partial charge on any atom is -0.351 e. The quantitative estimate of drug-likeness (QED) is 0.472. The van der Waals surface area contributed by atoms with E-state index in [1.165, 1.54) is 6.07 Å². The molecule has 3 unspecified atom stereocenters. The topological polar surface area (TPSA) is 67.9 Å². The van der Waals surface area contributed by atoms with Crippen LogP contribution in [0.15, 0.2) is 78.9 Å². The van der Waals surface area contributed by atoms with Gasteiger partial charge in [0.1, 0.15) is 11.9 Å². The van der Waals surface area contributed by atoms with Crippen molar-refractivity contribution in [2.24, 2.45) is 5.41 Å². The lowest BCUT2D eigenvalue weighted by molar-refractivity contribution is 0.0950. The number of rotatable bonds is 3. The Kier molecular flexibility index (Phi) is 5.01. The van der Waals surface area contributed by atoms with Crippen molar-refractivity contribution in [2.75, 3.05) is 4.90 Å². The fourth-order valence-electron chi connectivity index (χ4n) is 5.11. The van der Waals surface area contributed by atoms with Gasteiger partial charge in [-0.05, 0) is 35.4 Å². The highest BCUT2D eigenvalue weighted by atomic mass is 35.5. The number of halogens is 2. The van der Waals surface area contributed by atoms with E-state index < -0.39 is 29.2 Å². The van der Waals surface area contributed by atoms with Crippen LogP contribution in [0.25, 0.3) is 6.08 Å². The fraction of sp³-hybridized carbons (Fsp3) is 0.148. The monoisotopic (exact) mass is 453 g/mol. The molecule has 1 fully saturated rings. The Hall–Kier alpha value is -3.93. The average molecular weight is 454 g/mol. The first-order chi connectivity index (χ1) is 16.0. The van der Waals surface area contributed by atoms with Gasteiger partial charge in [-0.3, -0.25) is 4.79 Å². The van der Waals surface area contributed by atoms with E-state index >= 15 is 4.39 Å². The number of nitriles is 2. The third-order valence-electron chi connectivity index (χ3n) is 6.54. The molecule has 0 saturated carbocycles. The smallest absolute Gasteiger partial charge is 0.185 e. The van der Waals surface area contributed by atoms with E-state index in [2.05, 4.69) is 12.1 Å². The predicted molar refractivity (Wildman–Crippen MR) is 124 cm³/mol. The van der Waals surface area contributed by atoms with Gasteiger partial charge in [-0.25, -0.2) is 4.39 Å². The summed E-state index contributed by atoms with van der Waals surface area (Å²) in [5.74, 6) is -1.85. The Bertz CT molecular complexity index is 1360. The number of Topliss-reactive ketones (excluding diaryl/α,β-unsaturated/α-hetero) is 1. The van der Waals surface area contributed by atoms with Crippen molar-refractivity contribution in [1.29, 1.82) is 10.5 Å². The molecular weight excluding hydrogens is 437 g/mol. The molecule has 0 amide bonds. The third-order valence-corrected chi connectivity index (χ3v) is 6.77. The van der Waals surface area contributed by atoms with Crippen molar-refractivity contribution < 1.29 is 9.18 Å². The first-order valence-electron chi connectivity index (χ1n) is 10.4. The molecule has 4 nitrogen and oxygen atoms in total. The lowest BCUT2D eigenvalue weighted by Gasteiger charge is -2.35. The number of anilines is 1. The summed E-state index contributed by atoms with van der Waals surface area (Å²) in [6.07, 6.45) is 3.55. The molecule has 0 radical (unpaired) electrons. The van der Waals surface area contributed by atoms with Crippen LogP contribution in [-0.2, 0) is 0 Å². The van der Waals surface area contributed by atoms with Crippen LogP contribution in [0.1, 0.15) is 27.4 Å². The van der Waals surface area contributed by atoms with Crippen molar-refractivity contribution in [1.82, 2.24) is 0 Å². The van der Waals surface area contributed by atoms with Crippen LogP contribution < -0.4 is 4.90 Å². The molecule has 0 bridgehead atoms. The Morgan fingerprint density at radius 1 is 1.00 bits per heavy atom. The highest BCUT2D eigenvalue weighted by molar-refractivity contribution is 6.30. The van der Waals surface area contributed by atoms with E-state index in [1.54, 1.807) is 83.8 Å². The molecule has 2 aliphatic heterocycles. The number of benzene rings is 3. The summed E-state index contributed by atoms with van der Waals surface area (Å²) in [6.45, 7) is 0. The van der Waals surface area contributed by atoms with Gasteiger partial charge in [-0.15, -0.1) is 0 Å². The van der Waals surface area contributed by atoms with E-state index in [1.807, 2.05) is 0 Å². The fourth-order valence-corrected chi connectivity index (χ4v) is 5.29. The second-order valence-electron chi connectivity index (χ2n) is 8.18. The second-order valence-corrected chi connectivity index (χ2v) is 8.62. The maximum atomic E-state index is 15.1. The van der Waals surface area contributed by atoms with Gasteiger partial charge in [0, 0.05) is 22.2 Å². The summed E-state index contributed by atoms with van der Waals surface area (Å²) in [4.78, 5) is 15.8. The zero-order valence-electron chi connectivity index (χ0n) is 17.3. The van der Waals surface area contributed by atoms with Gasteiger partial charge >= 0.3 is 0 Å². The first-order valence-corrected chi connectivity index (χ1v) is 10.8. The highest BCUT2D eigenvalue weighted by Gasteiger charge is 2.63. The molecular formula is C27H17ClFN3O. The van der Waals surface area contributed by atoms with Gasteiger partial charge < -0.3 is 4.90 Å². The summed E-state index contributed by atoms with van der Waals surface area (Å²) in [5, 5.41) is 21.2. The van der Waals surface area contributed by atoms with Crippen LogP contribution in [0, 0.1) is 33.9 Å². The highest BCUT2D eigenvalue weighted by Crippen LogP contribution is 2.56. The summed E-state index contributed by atoms with van der Waals surface area (Å²) >= 11 is 6.20. The van der Waals surface area contributed by atoms with Crippen LogP contribution in [0.4, 0.5) is 10.1 Å². The number of hydrogen-bond donors (Lipinski definition) is 0. The van der Waals surface area contributed by atoms with Gasteiger partial charge in [0.05, 0.1) is 18.2 Å². The average Bonchev–Trinajstić information content (AvgIpc) is 3.14. The molecule has 0 N–H and O–H groups in total. The predicted octanol–water partition coefficient (Wildman–Crippen LogP) is 5.76.